The van der Waals surface area contributed by atoms with Gasteiger partial charge in [-0.25, -0.2) is 46.5 Å². The zero-order valence-electron chi connectivity index (χ0n) is 29.4. The highest BCUT2D eigenvalue weighted by Gasteiger charge is 2.28. The lowest BCUT2D eigenvalue weighted by molar-refractivity contribution is 0.590. The zero-order chi connectivity index (χ0) is 38.3. The lowest BCUT2D eigenvalue weighted by atomic mass is 10.0. The topological polar surface area (TPSA) is 152 Å². The molecule has 0 fully saturated rings. The highest BCUT2D eigenvalue weighted by molar-refractivity contribution is 7.90. The van der Waals surface area contributed by atoms with Crippen LogP contribution in [-0.4, -0.2) is 53.3 Å². The van der Waals surface area contributed by atoms with Crippen molar-refractivity contribution in [2.24, 2.45) is 0 Å². The van der Waals surface area contributed by atoms with E-state index in [0.29, 0.717) is 64.9 Å². The van der Waals surface area contributed by atoms with E-state index >= 15 is 0 Å². The van der Waals surface area contributed by atoms with Crippen LogP contribution in [0.3, 0.4) is 0 Å². The monoisotopic (exact) mass is 761 g/mol. The standard InChI is InChI=1S/C22H18FN5O.C17H15FN4O3S/c23-16-9-7-15(8-10-16)19-20(27-13-4-14-28(27)21(19)29)18-11-12-24-22(26-18)25-17-5-2-1-3-6-17;1-26(24,25)17-19-8-7-13(20-17)15-14(11-3-5-12(18)6-4-11)16(23)22-10-2-9-21(15)22/h1-3,5-12H,4,13-14H2,(H,24,25,26);3-8H,2,9-10H2,1H3. The van der Waals surface area contributed by atoms with E-state index in [0.717, 1.165) is 37.0 Å². The van der Waals surface area contributed by atoms with E-state index in [9.17, 15) is 26.8 Å². The first-order valence-electron chi connectivity index (χ1n) is 17.4. The Morgan fingerprint density at radius 3 is 1.58 bits per heavy atom. The van der Waals surface area contributed by atoms with Crippen LogP contribution in [0.2, 0.25) is 0 Å². The molecular formula is C39H33F2N9O4S. The molecule has 7 aromatic rings. The second kappa shape index (κ2) is 14.4. The number of anilines is 2. The van der Waals surface area contributed by atoms with E-state index in [4.69, 9.17) is 0 Å². The Bertz CT molecular complexity index is 2780. The lowest BCUT2D eigenvalue weighted by Gasteiger charge is -2.10. The molecule has 0 aliphatic carbocycles. The van der Waals surface area contributed by atoms with Gasteiger partial charge in [-0.15, -0.1) is 0 Å². The van der Waals surface area contributed by atoms with E-state index in [1.54, 1.807) is 44.5 Å². The maximum atomic E-state index is 13.4. The minimum Gasteiger partial charge on any atom is -0.324 e. The number of halogens is 2. The Hall–Kier alpha value is -6.55. The summed E-state index contributed by atoms with van der Waals surface area (Å²) in [5.74, 6) is -0.285. The summed E-state index contributed by atoms with van der Waals surface area (Å²) in [4.78, 5) is 43.0. The Labute approximate surface area is 313 Å². The van der Waals surface area contributed by atoms with Crippen molar-refractivity contribution >= 4 is 21.5 Å². The molecule has 0 atom stereocenters. The number of hydrogen-bond donors (Lipinski definition) is 1. The van der Waals surface area contributed by atoms with Crippen LogP contribution in [0, 0.1) is 11.6 Å². The summed E-state index contributed by atoms with van der Waals surface area (Å²) in [5, 5.41) is 2.89. The highest BCUT2D eigenvalue weighted by atomic mass is 32.2. The number of rotatable bonds is 7. The van der Waals surface area contributed by atoms with Gasteiger partial charge in [0.05, 0.1) is 33.9 Å². The number of hydrogen-bond acceptors (Lipinski definition) is 9. The Morgan fingerprint density at radius 2 is 1.07 bits per heavy atom. The molecule has 0 amide bonds. The summed E-state index contributed by atoms with van der Waals surface area (Å²) >= 11 is 0. The second-order valence-corrected chi connectivity index (χ2v) is 14.9. The Morgan fingerprint density at radius 1 is 0.600 bits per heavy atom. The van der Waals surface area contributed by atoms with Crippen molar-refractivity contribution < 1.29 is 17.2 Å². The predicted molar refractivity (Wildman–Crippen MR) is 202 cm³/mol. The van der Waals surface area contributed by atoms with Crippen LogP contribution < -0.4 is 16.4 Å². The molecule has 0 saturated carbocycles. The summed E-state index contributed by atoms with van der Waals surface area (Å²) in [7, 11) is -3.59. The van der Waals surface area contributed by atoms with Crippen molar-refractivity contribution in [2.75, 3.05) is 11.6 Å². The van der Waals surface area contributed by atoms with Crippen LogP contribution >= 0.6 is 0 Å². The second-order valence-electron chi connectivity index (χ2n) is 13.0. The van der Waals surface area contributed by atoms with Crippen LogP contribution in [-0.2, 0) is 36.0 Å². The summed E-state index contributed by atoms with van der Waals surface area (Å²) in [5.41, 5.74) is 4.98. The van der Waals surface area contributed by atoms with Crippen molar-refractivity contribution in [3.8, 4) is 45.0 Å². The van der Waals surface area contributed by atoms with Gasteiger partial charge in [-0.1, -0.05) is 42.5 Å². The molecule has 2 aliphatic rings. The first-order valence-corrected chi connectivity index (χ1v) is 19.3. The van der Waals surface area contributed by atoms with Crippen LogP contribution in [0.5, 0.6) is 0 Å². The maximum Gasteiger partial charge on any atom is 0.275 e. The Balaban J connectivity index is 0.000000156. The van der Waals surface area contributed by atoms with Gasteiger partial charge in [-0.3, -0.25) is 19.0 Å². The van der Waals surface area contributed by atoms with Crippen molar-refractivity contribution in [1.29, 1.82) is 0 Å². The third kappa shape index (κ3) is 6.87. The molecule has 0 unspecified atom stereocenters. The normalized spacial score (nSPS) is 13.2. The molecule has 0 spiro atoms. The summed E-state index contributed by atoms with van der Waals surface area (Å²) in [6.45, 7) is 2.57. The van der Waals surface area contributed by atoms with Gasteiger partial charge in [0.2, 0.25) is 20.9 Å². The number of nitrogens with zero attached hydrogens (tertiary/aromatic N) is 8. The fourth-order valence-electron chi connectivity index (χ4n) is 6.96. The van der Waals surface area contributed by atoms with Gasteiger partial charge in [-0.2, -0.15) is 0 Å². The number of sulfone groups is 1. The molecule has 0 bridgehead atoms. The fourth-order valence-corrected chi connectivity index (χ4v) is 7.47. The molecule has 13 nitrogen and oxygen atoms in total. The molecule has 55 heavy (non-hydrogen) atoms. The highest BCUT2D eigenvalue weighted by Crippen LogP contribution is 2.33. The molecule has 278 valence electrons. The molecule has 3 aromatic carbocycles. The number of benzene rings is 3. The lowest BCUT2D eigenvalue weighted by Crippen LogP contribution is -2.17. The van der Waals surface area contributed by atoms with Gasteiger partial charge in [0.1, 0.15) is 11.6 Å². The van der Waals surface area contributed by atoms with Crippen LogP contribution in [0.15, 0.2) is 118 Å². The molecule has 16 heteroatoms. The fraction of sp³-hybridized carbons (Fsp3) is 0.179. The number of para-hydroxylation sites is 1. The summed E-state index contributed by atoms with van der Waals surface area (Å²) in [6.07, 6.45) is 5.76. The van der Waals surface area contributed by atoms with Gasteiger partial charge in [0, 0.05) is 50.5 Å². The van der Waals surface area contributed by atoms with Gasteiger partial charge in [0.15, 0.2) is 0 Å². The Kier molecular flexibility index (Phi) is 9.26. The van der Waals surface area contributed by atoms with Crippen molar-refractivity contribution in [3.63, 3.8) is 0 Å². The number of nitrogens with one attached hydrogen (secondary N) is 1. The largest absolute Gasteiger partial charge is 0.324 e. The molecule has 2 aliphatic heterocycles. The summed E-state index contributed by atoms with van der Waals surface area (Å²) in [6, 6.07) is 24.7. The third-order valence-electron chi connectivity index (χ3n) is 9.35. The van der Waals surface area contributed by atoms with Crippen LogP contribution in [0.4, 0.5) is 20.4 Å². The minimum absolute atomic E-state index is 0.0831. The number of aromatic nitrogens is 8. The van der Waals surface area contributed by atoms with Crippen molar-refractivity contribution in [3.05, 3.63) is 136 Å². The SMILES string of the molecule is CS(=O)(=O)c1nccc(-c2c(-c3ccc(F)cc3)c(=O)n3n2CCC3)n1.O=c1c(-c2ccc(F)cc2)c(-c2ccnc(Nc3ccccc3)n2)n2n1CCC2. The number of fused-ring (bicyclic) bond motifs is 2. The maximum absolute atomic E-state index is 13.4. The van der Waals surface area contributed by atoms with Crippen molar-refractivity contribution in [1.82, 2.24) is 38.7 Å². The minimum atomic E-state index is -3.59. The molecule has 9 rings (SSSR count). The smallest absolute Gasteiger partial charge is 0.275 e. The van der Waals surface area contributed by atoms with Gasteiger partial charge < -0.3 is 5.32 Å². The van der Waals surface area contributed by atoms with Crippen LogP contribution in [0.25, 0.3) is 45.0 Å². The molecule has 1 N–H and O–H groups in total. The van der Waals surface area contributed by atoms with E-state index in [1.165, 1.54) is 42.6 Å². The van der Waals surface area contributed by atoms with Gasteiger partial charge in [0.25, 0.3) is 11.1 Å². The first kappa shape index (κ1) is 35.5. The first-order chi connectivity index (χ1) is 26.6. The third-order valence-corrected chi connectivity index (χ3v) is 10.2. The quantitative estimate of drug-likeness (QED) is 0.199. The average molecular weight is 762 g/mol. The predicted octanol–water partition coefficient (Wildman–Crippen LogP) is 5.78. The van der Waals surface area contributed by atoms with E-state index in [-0.39, 0.29) is 22.1 Å². The van der Waals surface area contributed by atoms with Gasteiger partial charge >= 0.3 is 0 Å². The summed E-state index contributed by atoms with van der Waals surface area (Å²) < 4.78 is 57.5. The molecule has 4 aromatic heterocycles. The van der Waals surface area contributed by atoms with Gasteiger partial charge in [-0.05, 0) is 72.5 Å². The average Bonchev–Trinajstić information content (AvgIpc) is 3.97. The molecule has 0 saturated heterocycles. The zero-order valence-corrected chi connectivity index (χ0v) is 30.2. The van der Waals surface area contributed by atoms with Crippen molar-refractivity contribution in [2.45, 2.75) is 44.2 Å². The van der Waals surface area contributed by atoms with E-state index < -0.39 is 15.7 Å². The molecular weight excluding hydrogens is 729 g/mol. The van der Waals surface area contributed by atoms with E-state index in [1.807, 2.05) is 35.0 Å². The molecule has 6 heterocycles. The van der Waals surface area contributed by atoms with E-state index in [2.05, 4.69) is 25.3 Å². The molecule has 0 radical (unpaired) electrons. The van der Waals surface area contributed by atoms with Crippen LogP contribution in [0.1, 0.15) is 12.8 Å².